The summed E-state index contributed by atoms with van der Waals surface area (Å²) in [5.41, 5.74) is 3.00. The quantitative estimate of drug-likeness (QED) is 0.414. The Morgan fingerprint density at radius 2 is 1.72 bits per heavy atom. The van der Waals surface area contributed by atoms with E-state index in [9.17, 15) is 4.79 Å². The lowest BCUT2D eigenvalue weighted by molar-refractivity contribution is -0.135. The summed E-state index contributed by atoms with van der Waals surface area (Å²) < 4.78 is 0. The first-order valence-corrected chi connectivity index (χ1v) is 12.4. The third kappa shape index (κ3) is 5.62. The van der Waals surface area contributed by atoms with Crippen molar-refractivity contribution in [1.29, 1.82) is 0 Å². The number of fused-ring (bicyclic) bond motifs is 1. The molecule has 1 atom stereocenters. The highest BCUT2D eigenvalue weighted by molar-refractivity contribution is 5.82. The fraction of sp³-hybridized carbons (Fsp3) is 0.680. The van der Waals surface area contributed by atoms with Crippen molar-refractivity contribution >= 4 is 11.9 Å². The molecule has 0 radical (unpaired) electrons. The maximum atomic E-state index is 12.7. The van der Waals surface area contributed by atoms with Gasteiger partial charge in [-0.25, -0.2) is 0 Å². The number of benzene rings is 1. The zero-order valence-corrected chi connectivity index (χ0v) is 19.9. The number of hydrogen-bond donors (Lipinski definition) is 1. The topological polar surface area (TPSA) is 54.4 Å². The molecule has 0 spiro atoms. The molecule has 0 bridgehead atoms. The Hall–Kier alpha value is -2.12. The minimum Gasteiger partial charge on any atom is -0.356 e. The molecule has 176 valence electrons. The van der Waals surface area contributed by atoms with Crippen LogP contribution in [0.1, 0.15) is 37.3 Å². The van der Waals surface area contributed by atoms with Crippen molar-refractivity contribution in [2.75, 3.05) is 66.0 Å². The van der Waals surface area contributed by atoms with Crippen LogP contribution in [0.2, 0.25) is 0 Å². The summed E-state index contributed by atoms with van der Waals surface area (Å²) in [6, 6.07) is 8.81. The van der Waals surface area contributed by atoms with Crippen LogP contribution < -0.4 is 5.32 Å². The summed E-state index contributed by atoms with van der Waals surface area (Å²) in [6.07, 6.45) is 4.58. The number of carbonyl (C=O) groups is 1. The van der Waals surface area contributed by atoms with Gasteiger partial charge in [0.25, 0.3) is 0 Å². The SMILES string of the molecule is CN=C(NCCCN1CCc2ccccc2C1)N1CCN(C(C)C(=O)N2CCCC2)CC1. The molecule has 0 saturated carbocycles. The number of nitrogens with one attached hydrogen (secondary N) is 1. The Balaban J connectivity index is 1.16. The minimum atomic E-state index is -0.0140. The van der Waals surface area contributed by atoms with Gasteiger partial charge in [0.05, 0.1) is 6.04 Å². The van der Waals surface area contributed by atoms with Crippen molar-refractivity contribution in [2.45, 2.75) is 45.2 Å². The summed E-state index contributed by atoms with van der Waals surface area (Å²) in [6.45, 7) is 11.9. The van der Waals surface area contributed by atoms with Crippen molar-refractivity contribution in [1.82, 2.24) is 24.9 Å². The predicted molar refractivity (Wildman–Crippen MR) is 130 cm³/mol. The van der Waals surface area contributed by atoms with E-state index in [0.29, 0.717) is 5.91 Å². The molecule has 0 aromatic heterocycles. The molecule has 0 aliphatic carbocycles. The molecule has 7 heteroatoms. The number of carbonyl (C=O) groups excluding carboxylic acids is 1. The third-order valence-electron chi connectivity index (χ3n) is 7.29. The molecule has 1 amide bonds. The number of likely N-dealkylation sites (tertiary alicyclic amines) is 1. The highest BCUT2D eigenvalue weighted by Gasteiger charge is 2.30. The van der Waals surface area contributed by atoms with Gasteiger partial charge < -0.3 is 15.1 Å². The summed E-state index contributed by atoms with van der Waals surface area (Å²) >= 11 is 0. The number of hydrogen-bond acceptors (Lipinski definition) is 4. The lowest BCUT2D eigenvalue weighted by Gasteiger charge is -2.39. The van der Waals surface area contributed by atoms with Crippen LogP contribution in [0, 0.1) is 0 Å². The molecule has 32 heavy (non-hydrogen) atoms. The van der Waals surface area contributed by atoms with Gasteiger partial charge in [-0.3, -0.25) is 19.6 Å². The van der Waals surface area contributed by atoms with Gasteiger partial charge in [-0.15, -0.1) is 0 Å². The number of nitrogens with zero attached hydrogens (tertiary/aromatic N) is 5. The second-order valence-electron chi connectivity index (χ2n) is 9.35. The number of aliphatic imine (C=N–C) groups is 1. The standard InChI is InChI=1S/C25H40N6O/c1-21(24(32)30-13-5-6-14-30)29-16-18-31(19-17-29)25(26-2)27-11-7-12-28-15-10-22-8-3-4-9-23(22)20-28/h3-4,8-9,21H,5-7,10-20H2,1-2H3,(H,26,27). The number of amides is 1. The summed E-state index contributed by atoms with van der Waals surface area (Å²) in [7, 11) is 1.87. The molecular formula is C25H40N6O. The molecule has 3 heterocycles. The van der Waals surface area contributed by atoms with Gasteiger partial charge in [0.1, 0.15) is 0 Å². The lowest BCUT2D eigenvalue weighted by Crippen LogP contribution is -2.57. The third-order valence-corrected chi connectivity index (χ3v) is 7.29. The van der Waals surface area contributed by atoms with Crippen LogP contribution in [0.3, 0.4) is 0 Å². The van der Waals surface area contributed by atoms with Gasteiger partial charge in [-0.2, -0.15) is 0 Å². The van der Waals surface area contributed by atoms with E-state index in [1.165, 1.54) is 11.1 Å². The fourth-order valence-electron chi connectivity index (χ4n) is 5.26. The Morgan fingerprint density at radius 3 is 2.44 bits per heavy atom. The van der Waals surface area contributed by atoms with E-state index < -0.39 is 0 Å². The first kappa shape index (κ1) is 23.1. The van der Waals surface area contributed by atoms with Crippen LogP contribution in [0.5, 0.6) is 0 Å². The van der Waals surface area contributed by atoms with Crippen LogP contribution in [0.25, 0.3) is 0 Å². The summed E-state index contributed by atoms with van der Waals surface area (Å²) in [4.78, 5) is 26.5. The molecule has 4 rings (SSSR count). The predicted octanol–water partition coefficient (Wildman–Crippen LogP) is 1.64. The average molecular weight is 441 g/mol. The molecule has 1 N–H and O–H groups in total. The zero-order valence-electron chi connectivity index (χ0n) is 19.9. The Labute approximate surface area is 193 Å². The van der Waals surface area contributed by atoms with Gasteiger partial charge >= 0.3 is 0 Å². The lowest BCUT2D eigenvalue weighted by atomic mass is 10.00. The van der Waals surface area contributed by atoms with Crippen LogP contribution in [0.15, 0.2) is 29.3 Å². The monoisotopic (exact) mass is 440 g/mol. The molecular weight excluding hydrogens is 400 g/mol. The number of guanidine groups is 1. The van der Waals surface area contributed by atoms with Crippen molar-refractivity contribution < 1.29 is 4.79 Å². The van der Waals surface area contributed by atoms with E-state index in [4.69, 9.17) is 0 Å². The van der Waals surface area contributed by atoms with Crippen molar-refractivity contribution in [2.24, 2.45) is 4.99 Å². The van der Waals surface area contributed by atoms with Gasteiger partial charge in [0.15, 0.2) is 5.96 Å². The molecule has 3 aliphatic heterocycles. The maximum absolute atomic E-state index is 12.7. The highest BCUT2D eigenvalue weighted by Crippen LogP contribution is 2.18. The van der Waals surface area contributed by atoms with E-state index >= 15 is 0 Å². The Morgan fingerprint density at radius 1 is 1.00 bits per heavy atom. The van der Waals surface area contributed by atoms with E-state index in [1.807, 2.05) is 11.9 Å². The maximum Gasteiger partial charge on any atom is 0.239 e. The summed E-state index contributed by atoms with van der Waals surface area (Å²) in [5, 5.41) is 3.57. The largest absolute Gasteiger partial charge is 0.356 e. The Kier molecular flexibility index (Phi) is 8.03. The zero-order chi connectivity index (χ0) is 22.3. The molecule has 1 aromatic carbocycles. The average Bonchev–Trinajstić information content (AvgIpc) is 3.38. The van der Waals surface area contributed by atoms with Crippen molar-refractivity contribution in [3.8, 4) is 0 Å². The smallest absolute Gasteiger partial charge is 0.239 e. The molecule has 2 saturated heterocycles. The molecule has 1 aromatic rings. The van der Waals surface area contributed by atoms with E-state index in [-0.39, 0.29) is 6.04 Å². The van der Waals surface area contributed by atoms with E-state index in [1.54, 1.807) is 0 Å². The van der Waals surface area contributed by atoms with E-state index in [0.717, 1.165) is 97.1 Å². The van der Waals surface area contributed by atoms with Crippen LogP contribution in [-0.4, -0.2) is 103 Å². The highest BCUT2D eigenvalue weighted by atomic mass is 16.2. The van der Waals surface area contributed by atoms with Crippen LogP contribution in [-0.2, 0) is 17.8 Å². The number of rotatable bonds is 6. The summed E-state index contributed by atoms with van der Waals surface area (Å²) in [5.74, 6) is 1.30. The minimum absolute atomic E-state index is 0.0140. The molecule has 2 fully saturated rings. The molecule has 3 aliphatic rings. The number of piperazine rings is 1. The van der Waals surface area contributed by atoms with Crippen molar-refractivity contribution in [3.05, 3.63) is 35.4 Å². The van der Waals surface area contributed by atoms with Crippen LogP contribution in [0.4, 0.5) is 0 Å². The normalized spacial score (nSPS) is 21.5. The first-order chi connectivity index (χ1) is 15.7. The van der Waals surface area contributed by atoms with Gasteiger partial charge in [-0.1, -0.05) is 24.3 Å². The second-order valence-corrected chi connectivity index (χ2v) is 9.35. The van der Waals surface area contributed by atoms with Gasteiger partial charge in [0.2, 0.25) is 5.91 Å². The van der Waals surface area contributed by atoms with E-state index in [2.05, 4.69) is 56.2 Å². The van der Waals surface area contributed by atoms with Crippen LogP contribution >= 0.6 is 0 Å². The van der Waals surface area contributed by atoms with Gasteiger partial charge in [0, 0.05) is 72.5 Å². The van der Waals surface area contributed by atoms with Gasteiger partial charge in [-0.05, 0) is 43.7 Å². The molecule has 1 unspecified atom stereocenters. The van der Waals surface area contributed by atoms with Crippen molar-refractivity contribution in [3.63, 3.8) is 0 Å². The Bertz CT molecular complexity index is 782. The second kappa shape index (κ2) is 11.1. The molecule has 7 nitrogen and oxygen atoms in total. The fourth-order valence-corrected chi connectivity index (χ4v) is 5.26. The first-order valence-electron chi connectivity index (χ1n) is 12.4.